The van der Waals surface area contributed by atoms with Crippen molar-refractivity contribution >= 4 is 17.4 Å². The molecule has 1 aromatic carbocycles. The van der Waals surface area contributed by atoms with Gasteiger partial charge in [-0.2, -0.15) is 0 Å². The normalized spacial score (nSPS) is 10.1. The highest BCUT2D eigenvalue weighted by molar-refractivity contribution is 6.03. The number of furan rings is 1. The van der Waals surface area contributed by atoms with Gasteiger partial charge in [0, 0.05) is 11.3 Å². The van der Waals surface area contributed by atoms with Crippen LogP contribution in [0.3, 0.4) is 0 Å². The van der Waals surface area contributed by atoms with E-state index in [1.807, 2.05) is 0 Å². The zero-order valence-electron chi connectivity index (χ0n) is 9.55. The minimum Gasteiger partial charge on any atom is -0.459 e. The summed E-state index contributed by atoms with van der Waals surface area (Å²) in [5.74, 6) is -0.242. The molecule has 92 valence electrons. The minimum absolute atomic E-state index is 0.0297. The predicted octanol–water partition coefficient (Wildman–Crippen LogP) is 1.67. The van der Waals surface area contributed by atoms with Gasteiger partial charge in [-0.15, -0.1) is 0 Å². The second-order valence-corrected chi connectivity index (χ2v) is 3.64. The monoisotopic (exact) mass is 244 g/mol. The highest BCUT2D eigenvalue weighted by atomic mass is 16.3. The molecule has 0 radical (unpaired) electrons. The van der Waals surface area contributed by atoms with Crippen LogP contribution in [-0.2, 0) is 0 Å². The molecule has 0 fully saturated rings. The van der Waals surface area contributed by atoms with Gasteiger partial charge in [-0.25, -0.2) is 0 Å². The maximum absolute atomic E-state index is 11.7. The second kappa shape index (κ2) is 5.29. The van der Waals surface area contributed by atoms with Crippen LogP contribution in [-0.4, -0.2) is 18.2 Å². The van der Waals surface area contributed by atoms with Crippen LogP contribution in [0.25, 0.3) is 0 Å². The topological polar surface area (TPSA) is 85.3 Å². The number of hydrogen-bond acceptors (Lipinski definition) is 4. The van der Waals surface area contributed by atoms with Gasteiger partial charge < -0.3 is 15.5 Å². The number of hydrogen-bond donors (Lipinski definition) is 2. The Morgan fingerprint density at radius 2 is 1.89 bits per heavy atom. The van der Waals surface area contributed by atoms with Gasteiger partial charge in [0.05, 0.1) is 12.8 Å². The summed E-state index contributed by atoms with van der Waals surface area (Å²) in [7, 11) is 0. The third-order valence-corrected chi connectivity index (χ3v) is 2.40. The van der Waals surface area contributed by atoms with E-state index in [0.29, 0.717) is 11.3 Å². The average molecular weight is 244 g/mol. The summed E-state index contributed by atoms with van der Waals surface area (Å²) in [6.07, 6.45) is 1.43. The smallest absolute Gasteiger partial charge is 0.291 e. The summed E-state index contributed by atoms with van der Waals surface area (Å²) < 4.78 is 4.96. The van der Waals surface area contributed by atoms with Gasteiger partial charge >= 0.3 is 0 Å². The molecule has 1 aromatic heterocycles. The molecule has 0 aliphatic carbocycles. The molecule has 0 atom stereocenters. The molecule has 0 aliphatic rings. The molecule has 1 heterocycles. The van der Waals surface area contributed by atoms with Crippen LogP contribution in [0.15, 0.2) is 47.1 Å². The minimum atomic E-state index is -0.335. The first-order chi connectivity index (χ1) is 8.70. The van der Waals surface area contributed by atoms with Crippen molar-refractivity contribution in [3.8, 4) is 0 Å². The van der Waals surface area contributed by atoms with Crippen molar-refractivity contribution in [2.75, 3.05) is 11.9 Å². The van der Waals surface area contributed by atoms with Crippen LogP contribution in [0.2, 0.25) is 0 Å². The Morgan fingerprint density at radius 3 is 2.44 bits per heavy atom. The Hall–Kier alpha value is -2.40. The van der Waals surface area contributed by atoms with E-state index in [1.54, 1.807) is 36.4 Å². The van der Waals surface area contributed by atoms with E-state index in [1.165, 1.54) is 6.26 Å². The lowest BCUT2D eigenvalue weighted by Gasteiger charge is -2.04. The van der Waals surface area contributed by atoms with Gasteiger partial charge in [-0.3, -0.25) is 9.59 Å². The van der Waals surface area contributed by atoms with Gasteiger partial charge in [-0.05, 0) is 36.4 Å². The zero-order valence-corrected chi connectivity index (χ0v) is 9.55. The number of anilines is 1. The fourth-order valence-corrected chi connectivity index (χ4v) is 1.46. The van der Waals surface area contributed by atoms with Crippen LogP contribution >= 0.6 is 0 Å². The molecule has 18 heavy (non-hydrogen) atoms. The number of carbonyl (C=O) groups is 2. The Kier molecular flexibility index (Phi) is 3.54. The van der Waals surface area contributed by atoms with Crippen LogP contribution in [0.5, 0.6) is 0 Å². The van der Waals surface area contributed by atoms with E-state index in [9.17, 15) is 9.59 Å². The van der Waals surface area contributed by atoms with Crippen molar-refractivity contribution in [1.82, 2.24) is 0 Å². The van der Waals surface area contributed by atoms with Crippen LogP contribution in [0.4, 0.5) is 5.69 Å². The third kappa shape index (κ3) is 2.64. The molecule has 5 heteroatoms. The molecule has 0 unspecified atom stereocenters. The molecule has 0 saturated heterocycles. The molecule has 0 aliphatic heterocycles. The van der Waals surface area contributed by atoms with Crippen LogP contribution in [0, 0.1) is 0 Å². The largest absolute Gasteiger partial charge is 0.459 e. The van der Waals surface area contributed by atoms with Crippen LogP contribution in [0.1, 0.15) is 20.9 Å². The SMILES string of the molecule is NCC(=O)c1ccc(NC(=O)c2ccco2)cc1. The van der Waals surface area contributed by atoms with Gasteiger partial charge in [0.2, 0.25) is 0 Å². The summed E-state index contributed by atoms with van der Waals surface area (Å²) >= 11 is 0. The first kappa shape index (κ1) is 12.1. The highest BCUT2D eigenvalue weighted by Gasteiger charge is 2.09. The van der Waals surface area contributed by atoms with E-state index in [4.69, 9.17) is 10.2 Å². The fourth-order valence-electron chi connectivity index (χ4n) is 1.46. The van der Waals surface area contributed by atoms with E-state index in [0.717, 1.165) is 0 Å². The van der Waals surface area contributed by atoms with Crippen molar-refractivity contribution < 1.29 is 14.0 Å². The van der Waals surface area contributed by atoms with E-state index in [-0.39, 0.29) is 24.0 Å². The maximum atomic E-state index is 11.7. The highest BCUT2D eigenvalue weighted by Crippen LogP contribution is 2.12. The summed E-state index contributed by atoms with van der Waals surface area (Å²) in [5.41, 5.74) is 6.37. The molecule has 5 nitrogen and oxygen atoms in total. The Bertz CT molecular complexity index is 544. The van der Waals surface area contributed by atoms with Crippen molar-refractivity contribution in [2.45, 2.75) is 0 Å². The number of ketones is 1. The summed E-state index contributed by atoms with van der Waals surface area (Å²) in [6.45, 7) is -0.0297. The summed E-state index contributed by atoms with van der Waals surface area (Å²) in [6, 6.07) is 9.73. The quantitative estimate of drug-likeness (QED) is 0.801. The molecule has 3 N–H and O–H groups in total. The van der Waals surface area contributed by atoms with E-state index in [2.05, 4.69) is 5.32 Å². The molecule has 0 bridgehead atoms. The molecule has 0 saturated carbocycles. The lowest BCUT2D eigenvalue weighted by molar-refractivity contribution is 0.0992. The van der Waals surface area contributed by atoms with Gasteiger partial charge in [-0.1, -0.05) is 0 Å². The predicted molar refractivity (Wildman–Crippen MR) is 66.5 cm³/mol. The molecule has 2 rings (SSSR count). The average Bonchev–Trinajstić information content (AvgIpc) is 2.92. The van der Waals surface area contributed by atoms with E-state index >= 15 is 0 Å². The maximum Gasteiger partial charge on any atom is 0.291 e. The number of nitrogens with one attached hydrogen (secondary N) is 1. The summed E-state index contributed by atoms with van der Waals surface area (Å²) in [5, 5.41) is 2.65. The number of Topliss-reactive ketones (excluding diaryl/α,β-unsaturated/α-hetero) is 1. The zero-order chi connectivity index (χ0) is 13.0. The number of rotatable bonds is 4. The molecule has 1 amide bonds. The Balaban J connectivity index is 2.07. The molecule has 0 spiro atoms. The first-order valence-corrected chi connectivity index (χ1v) is 5.39. The fraction of sp³-hybridized carbons (Fsp3) is 0.0769. The lowest BCUT2D eigenvalue weighted by Crippen LogP contribution is -2.14. The van der Waals surface area contributed by atoms with Crippen LogP contribution < -0.4 is 11.1 Å². The third-order valence-electron chi connectivity index (χ3n) is 2.40. The number of amides is 1. The Labute approximate surface area is 104 Å². The van der Waals surface area contributed by atoms with Crippen molar-refractivity contribution in [2.24, 2.45) is 5.73 Å². The van der Waals surface area contributed by atoms with Crippen molar-refractivity contribution in [3.63, 3.8) is 0 Å². The number of benzene rings is 1. The number of carbonyl (C=O) groups excluding carboxylic acids is 2. The van der Waals surface area contributed by atoms with E-state index < -0.39 is 0 Å². The molecular formula is C13H12N2O3. The Morgan fingerprint density at radius 1 is 1.17 bits per heavy atom. The lowest BCUT2D eigenvalue weighted by atomic mass is 10.1. The van der Waals surface area contributed by atoms with Gasteiger partial charge in [0.15, 0.2) is 11.5 Å². The van der Waals surface area contributed by atoms with Gasteiger partial charge in [0.25, 0.3) is 5.91 Å². The molecule has 2 aromatic rings. The molecular weight excluding hydrogens is 232 g/mol. The van der Waals surface area contributed by atoms with Gasteiger partial charge in [0.1, 0.15) is 0 Å². The van der Waals surface area contributed by atoms with Crippen molar-refractivity contribution in [1.29, 1.82) is 0 Å². The number of nitrogens with two attached hydrogens (primary N) is 1. The first-order valence-electron chi connectivity index (χ1n) is 5.39. The summed E-state index contributed by atoms with van der Waals surface area (Å²) in [4.78, 5) is 23.0. The second-order valence-electron chi connectivity index (χ2n) is 3.64. The standard InChI is InChI=1S/C13H12N2O3/c14-8-11(16)9-3-5-10(6-4-9)15-13(17)12-2-1-7-18-12/h1-7H,8,14H2,(H,15,17). The van der Waals surface area contributed by atoms with Crippen molar-refractivity contribution in [3.05, 3.63) is 54.0 Å².